The predicted octanol–water partition coefficient (Wildman–Crippen LogP) is 7.31. The molecule has 0 unspecified atom stereocenters. The second-order valence-electron chi connectivity index (χ2n) is 13.7. The van der Waals surface area contributed by atoms with Crippen LogP contribution in [0, 0.1) is 45.3 Å². The lowest BCUT2D eigenvalue weighted by Crippen LogP contribution is -2.59. The fourth-order valence-electron chi connectivity index (χ4n) is 9.50. The van der Waals surface area contributed by atoms with Gasteiger partial charge in [-0.05, 0) is 105 Å². The quantitative estimate of drug-likeness (QED) is 0.438. The topological polar surface area (TPSA) is 40.5 Å². The Balaban J connectivity index is 1.60. The van der Waals surface area contributed by atoms with E-state index in [0.29, 0.717) is 28.1 Å². The molecule has 2 N–H and O–H groups in total. The maximum Gasteiger partial charge on any atom is 0.0744 e. The first-order valence-corrected chi connectivity index (χ1v) is 13.5. The van der Waals surface area contributed by atoms with Gasteiger partial charge in [0, 0.05) is 5.41 Å². The Bertz CT molecular complexity index is 780. The van der Waals surface area contributed by atoms with Gasteiger partial charge >= 0.3 is 0 Å². The van der Waals surface area contributed by atoms with Gasteiger partial charge < -0.3 is 10.2 Å². The van der Waals surface area contributed by atoms with E-state index in [2.05, 4.69) is 54.2 Å². The van der Waals surface area contributed by atoms with Crippen molar-refractivity contribution in [1.29, 1.82) is 0 Å². The lowest BCUT2D eigenvalue weighted by molar-refractivity contribution is -0.145. The second-order valence-corrected chi connectivity index (χ2v) is 13.7. The van der Waals surface area contributed by atoms with Gasteiger partial charge in [-0.25, -0.2) is 0 Å². The van der Waals surface area contributed by atoms with E-state index < -0.39 is 0 Å². The molecule has 4 aliphatic rings. The zero-order chi connectivity index (χ0) is 23.7. The standard InChI is InChI=1S/C30H50O2/c1-19(2)24(31)12-9-20(3)21-15-16-30(8)25-13-10-22-23(11-14-26(32)27(22,4)5)28(25,6)17-18-29(21,30)7/h10,20-21,23-26,31-32H,1,9,11-18H2,2-8H3/t20-,21-,23+,24-,25-,26-,28-,29-,30+/m0/s1. The van der Waals surface area contributed by atoms with Crippen LogP contribution in [0.3, 0.4) is 0 Å². The van der Waals surface area contributed by atoms with E-state index in [-0.39, 0.29) is 17.6 Å². The Morgan fingerprint density at radius 3 is 2.38 bits per heavy atom. The van der Waals surface area contributed by atoms with Crippen molar-refractivity contribution in [2.24, 2.45) is 45.3 Å². The van der Waals surface area contributed by atoms with Gasteiger partial charge in [0.1, 0.15) is 0 Å². The van der Waals surface area contributed by atoms with Crippen LogP contribution in [0.1, 0.15) is 106 Å². The maximum atomic E-state index is 10.8. The molecule has 0 aliphatic heterocycles. The van der Waals surface area contributed by atoms with E-state index in [1.165, 1.54) is 32.1 Å². The predicted molar refractivity (Wildman–Crippen MR) is 134 cm³/mol. The van der Waals surface area contributed by atoms with Crippen molar-refractivity contribution in [2.45, 2.75) is 118 Å². The SMILES string of the molecule is C=C(C)[C@@H](O)CC[C@H](C)[C@@H]1CC[C@]2(C)[C@H]3CC=C4[C@@H](CC[C@H](O)C4(C)C)[C@]3(C)CC[C@@]12C. The molecule has 3 saturated carbocycles. The average molecular weight is 443 g/mol. The largest absolute Gasteiger partial charge is 0.392 e. The number of hydrogen-bond donors (Lipinski definition) is 2. The van der Waals surface area contributed by atoms with E-state index in [0.717, 1.165) is 43.1 Å². The van der Waals surface area contributed by atoms with E-state index in [1.807, 2.05) is 6.92 Å². The Hall–Kier alpha value is -0.600. The molecule has 0 saturated heterocycles. The number of fused-ring (bicyclic) bond motifs is 5. The molecule has 0 heterocycles. The molecule has 182 valence electrons. The monoisotopic (exact) mass is 442 g/mol. The normalized spacial score (nSPS) is 47.0. The Morgan fingerprint density at radius 2 is 1.72 bits per heavy atom. The van der Waals surface area contributed by atoms with Crippen LogP contribution in [0.2, 0.25) is 0 Å². The van der Waals surface area contributed by atoms with E-state index >= 15 is 0 Å². The summed E-state index contributed by atoms with van der Waals surface area (Å²) >= 11 is 0. The number of aliphatic hydroxyl groups excluding tert-OH is 2. The molecule has 0 spiro atoms. The minimum absolute atomic E-state index is 0.0740. The van der Waals surface area contributed by atoms with Gasteiger partial charge in [-0.3, -0.25) is 0 Å². The lowest BCUT2D eigenvalue weighted by Gasteiger charge is -2.66. The molecule has 2 nitrogen and oxygen atoms in total. The van der Waals surface area contributed by atoms with Gasteiger partial charge in [-0.1, -0.05) is 65.3 Å². The van der Waals surface area contributed by atoms with Crippen molar-refractivity contribution in [3.63, 3.8) is 0 Å². The minimum Gasteiger partial charge on any atom is -0.392 e. The van der Waals surface area contributed by atoms with Crippen LogP contribution in [0.25, 0.3) is 0 Å². The summed E-state index contributed by atoms with van der Waals surface area (Å²) in [7, 11) is 0. The summed E-state index contributed by atoms with van der Waals surface area (Å²) in [5.41, 5.74) is 3.53. The summed E-state index contributed by atoms with van der Waals surface area (Å²) < 4.78 is 0. The Kier molecular flexibility index (Phi) is 6.11. The highest BCUT2D eigenvalue weighted by Crippen LogP contribution is 2.74. The molecular formula is C30H50O2. The Labute approximate surface area is 198 Å². The number of rotatable bonds is 5. The van der Waals surface area contributed by atoms with Crippen LogP contribution in [0.5, 0.6) is 0 Å². The third-order valence-corrected chi connectivity index (χ3v) is 12.0. The summed E-state index contributed by atoms with van der Waals surface area (Å²) in [5, 5.41) is 21.1. The van der Waals surface area contributed by atoms with Crippen LogP contribution in [0.4, 0.5) is 0 Å². The van der Waals surface area contributed by atoms with Gasteiger partial charge in [-0.2, -0.15) is 0 Å². The van der Waals surface area contributed by atoms with Crippen molar-refractivity contribution in [3.05, 3.63) is 23.8 Å². The van der Waals surface area contributed by atoms with E-state index in [4.69, 9.17) is 0 Å². The number of aliphatic hydroxyl groups is 2. The summed E-state index contributed by atoms with van der Waals surface area (Å²) in [6.07, 6.45) is 12.7. The van der Waals surface area contributed by atoms with Crippen molar-refractivity contribution in [2.75, 3.05) is 0 Å². The van der Waals surface area contributed by atoms with E-state index in [9.17, 15) is 10.2 Å². The summed E-state index contributed by atoms with van der Waals surface area (Å²) in [6, 6.07) is 0. The highest BCUT2D eigenvalue weighted by atomic mass is 16.3. The first-order chi connectivity index (χ1) is 14.8. The summed E-state index contributed by atoms with van der Waals surface area (Å²) in [6.45, 7) is 20.8. The average Bonchev–Trinajstić information content (AvgIpc) is 3.00. The van der Waals surface area contributed by atoms with Crippen LogP contribution < -0.4 is 0 Å². The smallest absolute Gasteiger partial charge is 0.0744 e. The molecule has 0 bridgehead atoms. The highest BCUT2D eigenvalue weighted by molar-refractivity contribution is 5.30. The molecule has 4 rings (SSSR count). The first kappa shape index (κ1) is 24.5. The lowest BCUT2D eigenvalue weighted by atomic mass is 9.39. The van der Waals surface area contributed by atoms with Crippen molar-refractivity contribution < 1.29 is 10.2 Å². The highest BCUT2D eigenvalue weighted by Gasteiger charge is 2.67. The van der Waals surface area contributed by atoms with Crippen molar-refractivity contribution >= 4 is 0 Å². The van der Waals surface area contributed by atoms with Crippen LogP contribution >= 0.6 is 0 Å². The fourth-order valence-corrected chi connectivity index (χ4v) is 9.50. The summed E-state index contributed by atoms with van der Waals surface area (Å²) in [5.74, 6) is 2.79. The Morgan fingerprint density at radius 1 is 1.03 bits per heavy atom. The second kappa shape index (κ2) is 7.98. The summed E-state index contributed by atoms with van der Waals surface area (Å²) in [4.78, 5) is 0. The third-order valence-electron chi connectivity index (χ3n) is 12.0. The molecule has 32 heavy (non-hydrogen) atoms. The molecular weight excluding hydrogens is 392 g/mol. The molecule has 0 aromatic rings. The molecule has 9 atom stereocenters. The number of allylic oxidation sites excluding steroid dienone is 1. The molecule has 0 aromatic carbocycles. The molecule has 3 fully saturated rings. The van der Waals surface area contributed by atoms with Gasteiger partial charge in [0.2, 0.25) is 0 Å². The molecule has 0 aromatic heterocycles. The zero-order valence-electron chi connectivity index (χ0n) is 22.0. The van der Waals surface area contributed by atoms with Gasteiger partial charge in [0.15, 0.2) is 0 Å². The van der Waals surface area contributed by atoms with Crippen molar-refractivity contribution in [1.82, 2.24) is 0 Å². The van der Waals surface area contributed by atoms with Crippen molar-refractivity contribution in [3.8, 4) is 0 Å². The van der Waals surface area contributed by atoms with Gasteiger partial charge in [-0.15, -0.1) is 0 Å². The van der Waals surface area contributed by atoms with Crippen LogP contribution in [-0.2, 0) is 0 Å². The molecule has 0 amide bonds. The van der Waals surface area contributed by atoms with Crippen LogP contribution in [-0.4, -0.2) is 22.4 Å². The molecule has 0 radical (unpaired) electrons. The first-order valence-electron chi connectivity index (χ1n) is 13.5. The van der Waals surface area contributed by atoms with E-state index in [1.54, 1.807) is 5.57 Å². The minimum atomic E-state index is -0.348. The number of hydrogen-bond acceptors (Lipinski definition) is 2. The fraction of sp³-hybridized carbons (Fsp3) is 0.867. The molecule has 2 heteroatoms. The maximum absolute atomic E-state index is 10.8. The van der Waals surface area contributed by atoms with Gasteiger partial charge in [0.25, 0.3) is 0 Å². The third kappa shape index (κ3) is 3.33. The van der Waals surface area contributed by atoms with Crippen LogP contribution in [0.15, 0.2) is 23.8 Å². The molecule has 4 aliphatic carbocycles. The zero-order valence-corrected chi connectivity index (χ0v) is 22.0. The van der Waals surface area contributed by atoms with Gasteiger partial charge in [0.05, 0.1) is 12.2 Å².